The van der Waals surface area contributed by atoms with Gasteiger partial charge in [0.2, 0.25) is 0 Å². The number of halogens is 1. The number of hydrogen-bond donors (Lipinski definition) is 5. The van der Waals surface area contributed by atoms with Gasteiger partial charge in [-0.15, -0.1) is 0 Å². The molecule has 5 N–H and O–H groups in total. The van der Waals surface area contributed by atoms with Crippen molar-refractivity contribution in [1.29, 1.82) is 0 Å². The Morgan fingerprint density at radius 1 is 1.30 bits per heavy atom. The highest BCUT2D eigenvalue weighted by atomic mass is 19.1. The molecule has 0 aromatic carbocycles. The van der Waals surface area contributed by atoms with Crippen LogP contribution in [0.2, 0.25) is 0 Å². The SMILES string of the molecule is C[C@]12C=CC(=NO)C=C1CC[C@H]1[C@@H]3C[C@@H](O)[C@](O)(C(CO)=NO)[C@@]3(C)CC(=O)[C@@]12F. The largest absolute Gasteiger partial charge is 0.411 e. The number of aliphatic hydroxyl groups is 3. The molecular weight excluding hydrogens is 395 g/mol. The standard InChI is InChI=1S/C21H27FN2O6/c1-18-6-5-12(23-29)7-11(18)3-4-13-14-8-16(26)21(28,15(10-25)24-30)19(14,2)9-17(27)20(13,18)22/h5-7,13-14,16,25-26,28-30H,3-4,8-10H2,1-2H3/t13-,14-,16+,18-,19-,20-,21+/m0/s1. The Bertz CT molecular complexity index is 915. The second-order valence-electron chi connectivity index (χ2n) is 9.43. The van der Waals surface area contributed by atoms with Gasteiger partial charge in [-0.3, -0.25) is 4.79 Å². The number of fused-ring (bicyclic) bond motifs is 5. The van der Waals surface area contributed by atoms with Crippen molar-refractivity contribution in [1.82, 2.24) is 0 Å². The van der Waals surface area contributed by atoms with Crippen molar-refractivity contribution in [2.75, 3.05) is 6.61 Å². The van der Waals surface area contributed by atoms with Crippen LogP contribution in [0.15, 0.2) is 34.1 Å². The highest BCUT2D eigenvalue weighted by Gasteiger charge is 2.76. The van der Waals surface area contributed by atoms with Crippen LogP contribution >= 0.6 is 0 Å². The van der Waals surface area contributed by atoms with Crippen LogP contribution < -0.4 is 0 Å². The van der Waals surface area contributed by atoms with Gasteiger partial charge in [0.1, 0.15) is 17.0 Å². The van der Waals surface area contributed by atoms with E-state index in [4.69, 9.17) is 5.21 Å². The number of allylic oxidation sites excluding steroid dienone is 4. The third-order valence-corrected chi connectivity index (χ3v) is 8.46. The molecule has 0 spiro atoms. The predicted octanol–water partition coefficient (Wildman–Crippen LogP) is 1.35. The highest BCUT2D eigenvalue weighted by molar-refractivity contribution is 6.06. The van der Waals surface area contributed by atoms with Gasteiger partial charge in [-0.25, -0.2) is 4.39 Å². The predicted molar refractivity (Wildman–Crippen MR) is 104 cm³/mol. The molecule has 0 unspecified atom stereocenters. The maximum atomic E-state index is 16.9. The topological polar surface area (TPSA) is 143 Å². The van der Waals surface area contributed by atoms with Crippen LogP contribution in [0, 0.1) is 22.7 Å². The molecule has 3 fully saturated rings. The Balaban J connectivity index is 1.84. The molecule has 0 heterocycles. The fourth-order valence-electron chi connectivity index (χ4n) is 6.78. The number of alkyl halides is 1. The minimum absolute atomic E-state index is 0.0117. The molecule has 4 aliphatic rings. The van der Waals surface area contributed by atoms with Crippen LogP contribution in [0.5, 0.6) is 0 Å². The summed E-state index contributed by atoms with van der Waals surface area (Å²) in [6, 6.07) is 0. The van der Waals surface area contributed by atoms with Gasteiger partial charge in [0.25, 0.3) is 0 Å². The third-order valence-electron chi connectivity index (χ3n) is 8.46. The lowest BCUT2D eigenvalue weighted by Gasteiger charge is -2.59. The highest BCUT2D eigenvalue weighted by Crippen LogP contribution is 2.68. The van der Waals surface area contributed by atoms with Crippen molar-refractivity contribution in [2.24, 2.45) is 33.0 Å². The van der Waals surface area contributed by atoms with Gasteiger partial charge in [0.05, 0.1) is 12.7 Å². The minimum atomic E-state index is -2.26. The summed E-state index contributed by atoms with van der Waals surface area (Å²) in [5.74, 6) is -2.07. The number of aliphatic hydroxyl groups excluding tert-OH is 2. The third kappa shape index (κ3) is 2.18. The van der Waals surface area contributed by atoms with E-state index in [0.717, 1.165) is 0 Å². The maximum absolute atomic E-state index is 16.9. The zero-order chi connectivity index (χ0) is 22.1. The van der Waals surface area contributed by atoms with Gasteiger partial charge in [0, 0.05) is 23.2 Å². The van der Waals surface area contributed by atoms with Gasteiger partial charge in [-0.2, -0.15) is 0 Å². The Kier molecular flexibility index (Phi) is 4.54. The first kappa shape index (κ1) is 21.1. The summed E-state index contributed by atoms with van der Waals surface area (Å²) in [5.41, 5.74) is -6.43. The monoisotopic (exact) mass is 422 g/mol. The van der Waals surface area contributed by atoms with Gasteiger partial charge in [-0.1, -0.05) is 28.9 Å². The number of carbonyl (C=O) groups excluding carboxylic acids is 1. The number of Topliss-reactive ketones (excluding diaryl/α,β-unsaturated/α-hetero) is 1. The molecule has 164 valence electrons. The molecule has 9 heteroatoms. The van der Waals surface area contributed by atoms with E-state index >= 15 is 4.39 Å². The van der Waals surface area contributed by atoms with Gasteiger partial charge in [0.15, 0.2) is 11.5 Å². The Morgan fingerprint density at radius 2 is 2.00 bits per heavy atom. The molecule has 4 aliphatic carbocycles. The summed E-state index contributed by atoms with van der Waals surface area (Å²) in [7, 11) is 0. The fourth-order valence-corrected chi connectivity index (χ4v) is 6.78. The van der Waals surface area contributed by atoms with E-state index in [1.807, 2.05) is 0 Å². The summed E-state index contributed by atoms with van der Waals surface area (Å²) in [6.07, 6.45) is 3.63. The van der Waals surface area contributed by atoms with Crippen LogP contribution in [-0.4, -0.2) is 66.9 Å². The number of ketones is 1. The first-order valence-electron chi connectivity index (χ1n) is 10.1. The summed E-state index contributed by atoms with van der Waals surface area (Å²) >= 11 is 0. The van der Waals surface area contributed by atoms with Crippen LogP contribution in [0.3, 0.4) is 0 Å². The van der Waals surface area contributed by atoms with Gasteiger partial charge >= 0.3 is 0 Å². The van der Waals surface area contributed by atoms with E-state index in [1.54, 1.807) is 26.0 Å². The normalized spacial score (nSPS) is 49.5. The van der Waals surface area contributed by atoms with Crippen LogP contribution in [0.4, 0.5) is 4.39 Å². The number of oxime groups is 2. The first-order valence-corrected chi connectivity index (χ1v) is 10.1. The second kappa shape index (κ2) is 6.45. The molecule has 0 bridgehead atoms. The molecule has 30 heavy (non-hydrogen) atoms. The van der Waals surface area contributed by atoms with Gasteiger partial charge < -0.3 is 25.7 Å². The van der Waals surface area contributed by atoms with Crippen molar-refractivity contribution < 1.29 is 34.9 Å². The van der Waals surface area contributed by atoms with E-state index in [-0.39, 0.29) is 18.6 Å². The molecule has 0 aromatic heterocycles. The van der Waals surface area contributed by atoms with E-state index < -0.39 is 58.1 Å². The summed E-state index contributed by atoms with van der Waals surface area (Å²) in [5, 5.41) is 56.3. The van der Waals surface area contributed by atoms with E-state index in [9.17, 15) is 25.3 Å². The molecule has 0 radical (unpaired) electrons. The molecule has 4 rings (SSSR count). The summed E-state index contributed by atoms with van der Waals surface area (Å²) < 4.78 is 16.9. The number of carbonyl (C=O) groups is 1. The van der Waals surface area contributed by atoms with Crippen LogP contribution in [0.1, 0.15) is 39.5 Å². The number of hydrogen-bond acceptors (Lipinski definition) is 8. The molecule has 0 saturated heterocycles. The number of rotatable bonds is 2. The average molecular weight is 422 g/mol. The molecule has 3 saturated carbocycles. The summed E-state index contributed by atoms with van der Waals surface area (Å²) in [6.45, 7) is 2.44. The lowest BCUT2D eigenvalue weighted by atomic mass is 9.45. The lowest BCUT2D eigenvalue weighted by molar-refractivity contribution is -0.175. The zero-order valence-electron chi connectivity index (χ0n) is 16.9. The van der Waals surface area contributed by atoms with Crippen molar-refractivity contribution in [3.05, 3.63) is 23.8 Å². The van der Waals surface area contributed by atoms with E-state index in [2.05, 4.69) is 10.3 Å². The fraction of sp³-hybridized carbons (Fsp3) is 0.667. The van der Waals surface area contributed by atoms with Crippen LogP contribution in [-0.2, 0) is 4.79 Å². The molecule has 0 amide bonds. The summed E-state index contributed by atoms with van der Waals surface area (Å²) in [4.78, 5) is 13.4. The quantitative estimate of drug-likeness (QED) is 0.258. The first-order chi connectivity index (χ1) is 14.0. The smallest absolute Gasteiger partial charge is 0.184 e. The van der Waals surface area contributed by atoms with Crippen molar-refractivity contribution in [2.45, 2.75) is 56.9 Å². The van der Waals surface area contributed by atoms with Crippen molar-refractivity contribution in [3.63, 3.8) is 0 Å². The Morgan fingerprint density at radius 3 is 2.60 bits per heavy atom. The molecule has 0 aromatic rings. The average Bonchev–Trinajstić information content (AvgIpc) is 2.91. The second-order valence-corrected chi connectivity index (χ2v) is 9.43. The molecule has 7 atom stereocenters. The maximum Gasteiger partial charge on any atom is 0.184 e. The Labute approximate surface area is 173 Å². The molecule has 8 nitrogen and oxygen atoms in total. The van der Waals surface area contributed by atoms with E-state index in [0.29, 0.717) is 18.4 Å². The molecular formula is C21H27FN2O6. The molecule has 0 aliphatic heterocycles. The van der Waals surface area contributed by atoms with Crippen molar-refractivity contribution in [3.8, 4) is 0 Å². The lowest BCUT2D eigenvalue weighted by Crippen LogP contribution is -2.68. The zero-order valence-corrected chi connectivity index (χ0v) is 16.9. The Hall–Kier alpha value is -2.10. The minimum Gasteiger partial charge on any atom is -0.411 e. The number of nitrogens with zero attached hydrogens (tertiary/aromatic N) is 2. The van der Waals surface area contributed by atoms with Crippen LogP contribution in [0.25, 0.3) is 0 Å². The van der Waals surface area contributed by atoms with Crippen molar-refractivity contribution >= 4 is 17.2 Å². The van der Waals surface area contributed by atoms with E-state index in [1.165, 1.54) is 6.08 Å². The van der Waals surface area contributed by atoms with Gasteiger partial charge in [-0.05, 0) is 44.3 Å².